The Bertz CT molecular complexity index is 464. The van der Waals surface area contributed by atoms with Crippen LogP contribution in [0.1, 0.15) is 19.4 Å². The number of carbonyl (C=O) groups is 1. The predicted octanol–water partition coefficient (Wildman–Crippen LogP) is 1.65. The Hall–Kier alpha value is -0.950. The molecule has 0 unspecified atom stereocenters. The zero-order valence-electron chi connectivity index (χ0n) is 14.5. The second kappa shape index (κ2) is 9.37. The van der Waals surface area contributed by atoms with Crippen molar-refractivity contribution in [2.45, 2.75) is 26.5 Å². The van der Waals surface area contributed by atoms with E-state index in [0.717, 1.165) is 32.8 Å². The van der Waals surface area contributed by atoms with Crippen molar-refractivity contribution in [2.75, 3.05) is 46.4 Å². The monoisotopic (exact) mass is 339 g/mol. The summed E-state index contributed by atoms with van der Waals surface area (Å²) in [5, 5.41) is 7.19. The average Bonchev–Trinajstić information content (AvgIpc) is 2.97. The molecule has 0 bridgehead atoms. The molecule has 1 aliphatic rings. The molecule has 2 rings (SSSR count). The summed E-state index contributed by atoms with van der Waals surface area (Å²) in [5.41, 5.74) is 1.25. The van der Waals surface area contributed by atoms with Crippen molar-refractivity contribution in [3.63, 3.8) is 0 Å². The fourth-order valence-electron chi connectivity index (χ4n) is 2.87. The summed E-state index contributed by atoms with van der Waals surface area (Å²) in [5.74, 6) is 0.724. The second-order valence-corrected chi connectivity index (χ2v) is 7.53. The first-order chi connectivity index (χ1) is 11.0. The third-order valence-electron chi connectivity index (χ3n) is 3.82. The molecule has 1 saturated heterocycles. The van der Waals surface area contributed by atoms with E-state index in [1.807, 2.05) is 11.9 Å². The summed E-state index contributed by atoms with van der Waals surface area (Å²) in [7, 11) is 1.97. The van der Waals surface area contributed by atoms with E-state index in [4.69, 9.17) is 4.74 Å². The standard InChI is InChI=1S/C17H29N3O2S/c1-14(2)9-20-5-6-22-16(11-20)8-18-17(21)12-19(3)10-15-4-7-23-13-15/h4,7,13-14,16H,5-6,8-12H2,1-3H3,(H,18,21)/t16-/m0/s1. The predicted molar refractivity (Wildman–Crippen MR) is 94.7 cm³/mol. The number of ether oxygens (including phenoxy) is 1. The summed E-state index contributed by atoms with van der Waals surface area (Å²) in [6.45, 7) is 10.0. The van der Waals surface area contributed by atoms with Gasteiger partial charge in [0, 0.05) is 32.7 Å². The van der Waals surface area contributed by atoms with Crippen molar-refractivity contribution < 1.29 is 9.53 Å². The smallest absolute Gasteiger partial charge is 0.234 e. The van der Waals surface area contributed by atoms with Crippen LogP contribution in [0.25, 0.3) is 0 Å². The van der Waals surface area contributed by atoms with Crippen molar-refractivity contribution in [2.24, 2.45) is 5.92 Å². The number of hydrogen-bond acceptors (Lipinski definition) is 5. The summed E-state index contributed by atoms with van der Waals surface area (Å²) in [4.78, 5) is 16.5. The first kappa shape index (κ1) is 18.4. The molecular formula is C17H29N3O2S. The molecule has 0 radical (unpaired) electrons. The van der Waals surface area contributed by atoms with E-state index in [9.17, 15) is 4.79 Å². The summed E-state index contributed by atoms with van der Waals surface area (Å²) >= 11 is 1.69. The van der Waals surface area contributed by atoms with Crippen molar-refractivity contribution in [3.8, 4) is 0 Å². The average molecular weight is 340 g/mol. The Morgan fingerprint density at radius 2 is 2.39 bits per heavy atom. The van der Waals surface area contributed by atoms with Crippen molar-refractivity contribution in [3.05, 3.63) is 22.4 Å². The summed E-state index contributed by atoms with van der Waals surface area (Å²) in [6.07, 6.45) is 0.105. The molecule has 1 aliphatic heterocycles. The highest BCUT2D eigenvalue weighted by Crippen LogP contribution is 2.09. The van der Waals surface area contributed by atoms with E-state index < -0.39 is 0 Å². The van der Waals surface area contributed by atoms with E-state index in [1.165, 1.54) is 5.56 Å². The van der Waals surface area contributed by atoms with Crippen LogP contribution in [0.5, 0.6) is 0 Å². The molecule has 0 aromatic carbocycles. The lowest BCUT2D eigenvalue weighted by atomic mass is 10.2. The van der Waals surface area contributed by atoms with Crippen LogP contribution in [0.3, 0.4) is 0 Å². The van der Waals surface area contributed by atoms with Gasteiger partial charge in [0.1, 0.15) is 0 Å². The van der Waals surface area contributed by atoms with E-state index in [-0.39, 0.29) is 12.0 Å². The lowest BCUT2D eigenvalue weighted by Crippen LogP contribution is -2.49. The number of thiophene rings is 1. The number of morpholine rings is 1. The molecule has 2 heterocycles. The fourth-order valence-corrected chi connectivity index (χ4v) is 3.52. The number of rotatable bonds is 8. The highest BCUT2D eigenvalue weighted by Gasteiger charge is 2.21. The zero-order valence-corrected chi connectivity index (χ0v) is 15.3. The van der Waals surface area contributed by atoms with Gasteiger partial charge < -0.3 is 10.1 Å². The van der Waals surface area contributed by atoms with Crippen LogP contribution in [0.2, 0.25) is 0 Å². The maximum atomic E-state index is 12.1. The Labute approximate surface area is 143 Å². The Morgan fingerprint density at radius 1 is 1.57 bits per heavy atom. The lowest BCUT2D eigenvalue weighted by Gasteiger charge is -2.34. The Balaban J connectivity index is 1.65. The van der Waals surface area contributed by atoms with Gasteiger partial charge in [0.2, 0.25) is 5.91 Å². The van der Waals surface area contributed by atoms with Gasteiger partial charge in [0.05, 0.1) is 19.3 Å². The van der Waals surface area contributed by atoms with Crippen molar-refractivity contribution >= 4 is 17.2 Å². The van der Waals surface area contributed by atoms with E-state index in [1.54, 1.807) is 11.3 Å². The highest BCUT2D eigenvalue weighted by atomic mass is 32.1. The molecule has 5 nitrogen and oxygen atoms in total. The minimum atomic E-state index is 0.0623. The van der Waals surface area contributed by atoms with E-state index in [0.29, 0.717) is 19.0 Å². The van der Waals surface area contributed by atoms with Crippen LogP contribution in [0, 0.1) is 5.92 Å². The molecule has 6 heteroatoms. The zero-order chi connectivity index (χ0) is 16.7. The van der Waals surface area contributed by atoms with Crippen LogP contribution >= 0.6 is 11.3 Å². The van der Waals surface area contributed by atoms with Gasteiger partial charge in [-0.1, -0.05) is 13.8 Å². The normalized spacial score (nSPS) is 19.4. The Kier molecular flexibility index (Phi) is 7.49. The third-order valence-corrected chi connectivity index (χ3v) is 4.55. The van der Waals surface area contributed by atoms with Crippen LogP contribution in [-0.4, -0.2) is 68.2 Å². The molecule has 0 spiro atoms. The number of nitrogens with zero attached hydrogens (tertiary/aromatic N) is 2. The van der Waals surface area contributed by atoms with Crippen molar-refractivity contribution in [1.82, 2.24) is 15.1 Å². The van der Waals surface area contributed by atoms with Gasteiger partial charge in [0.15, 0.2) is 0 Å². The molecular weight excluding hydrogens is 310 g/mol. The van der Waals surface area contributed by atoms with E-state index in [2.05, 4.69) is 40.9 Å². The van der Waals surface area contributed by atoms with Crippen LogP contribution in [0.4, 0.5) is 0 Å². The van der Waals surface area contributed by atoms with Crippen LogP contribution in [0.15, 0.2) is 16.8 Å². The number of carbonyl (C=O) groups excluding carboxylic acids is 1. The van der Waals surface area contributed by atoms with Gasteiger partial charge in [-0.3, -0.25) is 14.6 Å². The molecule has 130 valence electrons. The quantitative estimate of drug-likeness (QED) is 0.782. The van der Waals surface area contributed by atoms with E-state index >= 15 is 0 Å². The number of amides is 1. The van der Waals surface area contributed by atoms with Gasteiger partial charge in [-0.05, 0) is 35.4 Å². The minimum Gasteiger partial charge on any atom is -0.374 e. The highest BCUT2D eigenvalue weighted by molar-refractivity contribution is 7.07. The molecule has 1 aromatic rings. The summed E-state index contributed by atoms with van der Waals surface area (Å²) < 4.78 is 5.76. The van der Waals surface area contributed by atoms with Gasteiger partial charge in [-0.2, -0.15) is 11.3 Å². The number of hydrogen-bond donors (Lipinski definition) is 1. The van der Waals surface area contributed by atoms with Gasteiger partial charge >= 0.3 is 0 Å². The largest absolute Gasteiger partial charge is 0.374 e. The maximum Gasteiger partial charge on any atom is 0.234 e. The molecule has 1 N–H and O–H groups in total. The topological polar surface area (TPSA) is 44.8 Å². The maximum absolute atomic E-state index is 12.1. The first-order valence-electron chi connectivity index (χ1n) is 8.33. The molecule has 1 amide bonds. The van der Waals surface area contributed by atoms with Gasteiger partial charge in [-0.25, -0.2) is 0 Å². The van der Waals surface area contributed by atoms with Crippen LogP contribution in [-0.2, 0) is 16.1 Å². The number of likely N-dealkylation sites (N-methyl/N-ethyl adjacent to an activating group) is 1. The molecule has 0 aliphatic carbocycles. The Morgan fingerprint density at radius 3 is 3.09 bits per heavy atom. The molecule has 0 saturated carbocycles. The summed E-state index contributed by atoms with van der Waals surface area (Å²) in [6, 6.07) is 2.10. The molecule has 1 fully saturated rings. The van der Waals surface area contributed by atoms with Crippen molar-refractivity contribution in [1.29, 1.82) is 0 Å². The van der Waals surface area contributed by atoms with Gasteiger partial charge in [-0.15, -0.1) is 0 Å². The minimum absolute atomic E-state index is 0.0623. The molecule has 23 heavy (non-hydrogen) atoms. The van der Waals surface area contributed by atoms with Crippen LogP contribution < -0.4 is 5.32 Å². The number of nitrogens with one attached hydrogen (secondary N) is 1. The molecule has 1 aromatic heterocycles. The van der Waals surface area contributed by atoms with Gasteiger partial charge in [0.25, 0.3) is 0 Å². The molecule has 1 atom stereocenters. The lowest BCUT2D eigenvalue weighted by molar-refractivity contribution is -0.123. The fraction of sp³-hybridized carbons (Fsp3) is 0.706. The first-order valence-corrected chi connectivity index (χ1v) is 9.27. The third kappa shape index (κ3) is 6.99. The second-order valence-electron chi connectivity index (χ2n) is 6.75. The SMILES string of the molecule is CC(C)CN1CCO[C@@H](CNC(=O)CN(C)Cc2ccsc2)C1.